The summed E-state index contributed by atoms with van der Waals surface area (Å²) in [5, 5.41) is -0.420. The molecule has 1 heterocycles. The molecule has 1 atom stereocenters. The van der Waals surface area contributed by atoms with Crippen LogP contribution in [0, 0.1) is 0 Å². The van der Waals surface area contributed by atoms with Gasteiger partial charge in [-0.05, 0) is 38.6 Å². The van der Waals surface area contributed by atoms with Crippen LogP contribution in [0.3, 0.4) is 0 Å². The van der Waals surface area contributed by atoms with Gasteiger partial charge in [0.1, 0.15) is 0 Å². The molecular formula is C18H32N4O2S. The monoisotopic (exact) mass is 368 g/mol. The highest BCUT2D eigenvalue weighted by Gasteiger charge is 2.26. The maximum Gasteiger partial charge on any atom is 0.213 e. The molecule has 1 aromatic rings. The maximum atomic E-state index is 12.2. The minimum Gasteiger partial charge on any atom is -0.378 e. The first kappa shape index (κ1) is 20.2. The fourth-order valence-electron chi connectivity index (χ4n) is 2.95. The van der Waals surface area contributed by atoms with Crippen LogP contribution in [0.25, 0.3) is 0 Å². The third kappa shape index (κ3) is 5.41. The van der Waals surface area contributed by atoms with Crippen molar-refractivity contribution in [3.63, 3.8) is 0 Å². The van der Waals surface area contributed by atoms with E-state index in [9.17, 15) is 8.42 Å². The van der Waals surface area contributed by atoms with Crippen molar-refractivity contribution in [1.82, 2.24) is 14.5 Å². The third-order valence-corrected chi connectivity index (χ3v) is 6.68. The largest absolute Gasteiger partial charge is 0.378 e. The lowest BCUT2D eigenvalue weighted by Crippen LogP contribution is -2.49. The zero-order valence-corrected chi connectivity index (χ0v) is 16.9. The first-order valence-electron chi connectivity index (χ1n) is 8.89. The number of rotatable bonds is 7. The minimum absolute atomic E-state index is 0.0541. The van der Waals surface area contributed by atoms with E-state index < -0.39 is 15.3 Å². The zero-order chi connectivity index (χ0) is 18.6. The second kappa shape index (κ2) is 8.49. The molecular weight excluding hydrogens is 336 g/mol. The van der Waals surface area contributed by atoms with E-state index in [4.69, 9.17) is 0 Å². The van der Waals surface area contributed by atoms with E-state index in [0.717, 1.165) is 37.4 Å². The van der Waals surface area contributed by atoms with Crippen LogP contribution in [0.5, 0.6) is 0 Å². The second-order valence-electron chi connectivity index (χ2n) is 7.28. The van der Waals surface area contributed by atoms with Gasteiger partial charge in [-0.25, -0.2) is 13.1 Å². The molecule has 0 aliphatic carbocycles. The summed E-state index contributed by atoms with van der Waals surface area (Å²) in [6.45, 7) is 7.72. The number of sulfonamides is 1. The highest BCUT2D eigenvalue weighted by atomic mass is 32.2. The molecule has 1 N–H and O–H groups in total. The Hall–Kier alpha value is -1.15. The van der Waals surface area contributed by atoms with E-state index in [1.807, 2.05) is 14.1 Å². The number of anilines is 1. The Morgan fingerprint density at radius 1 is 1.08 bits per heavy atom. The van der Waals surface area contributed by atoms with E-state index in [1.165, 1.54) is 0 Å². The molecule has 6 nitrogen and oxygen atoms in total. The van der Waals surface area contributed by atoms with Crippen molar-refractivity contribution in [3.05, 3.63) is 29.8 Å². The number of benzene rings is 1. The van der Waals surface area contributed by atoms with Crippen molar-refractivity contribution in [1.29, 1.82) is 0 Å². The van der Waals surface area contributed by atoms with Gasteiger partial charge in [-0.2, -0.15) is 0 Å². The molecule has 1 unspecified atom stereocenters. The molecule has 0 spiro atoms. The van der Waals surface area contributed by atoms with Crippen LogP contribution in [0.15, 0.2) is 24.3 Å². The van der Waals surface area contributed by atoms with Crippen LogP contribution in [-0.2, 0) is 10.0 Å². The van der Waals surface area contributed by atoms with Gasteiger partial charge in [-0.3, -0.25) is 4.90 Å². The first-order valence-corrected chi connectivity index (χ1v) is 10.4. The summed E-state index contributed by atoms with van der Waals surface area (Å²) in [6.07, 6.45) is 0. The molecule has 0 radical (unpaired) electrons. The molecule has 1 fully saturated rings. The second-order valence-corrected chi connectivity index (χ2v) is 9.60. The molecule has 1 aliphatic heterocycles. The number of hydrogen-bond acceptors (Lipinski definition) is 5. The average Bonchev–Trinajstić information content (AvgIpc) is 2.57. The van der Waals surface area contributed by atoms with E-state index >= 15 is 0 Å². The van der Waals surface area contributed by atoms with Crippen molar-refractivity contribution < 1.29 is 8.42 Å². The minimum atomic E-state index is -3.27. The van der Waals surface area contributed by atoms with E-state index in [1.54, 1.807) is 13.8 Å². The normalized spacial score (nSPS) is 18.5. The first-order chi connectivity index (χ1) is 11.7. The zero-order valence-electron chi connectivity index (χ0n) is 16.1. The molecule has 0 bridgehead atoms. The molecule has 7 heteroatoms. The van der Waals surface area contributed by atoms with Gasteiger partial charge in [0.05, 0.1) is 5.25 Å². The van der Waals surface area contributed by atoms with Crippen LogP contribution < -0.4 is 9.62 Å². The van der Waals surface area contributed by atoms with Gasteiger partial charge in [0, 0.05) is 58.5 Å². The Kier molecular flexibility index (Phi) is 6.85. The van der Waals surface area contributed by atoms with Crippen LogP contribution in [-0.4, -0.2) is 77.3 Å². The number of hydrogen-bond donors (Lipinski definition) is 1. The Morgan fingerprint density at radius 2 is 1.64 bits per heavy atom. The van der Waals surface area contributed by atoms with E-state index in [-0.39, 0.29) is 6.04 Å². The standard InChI is InChI=1S/C18H32N4O2S/c1-15(2)25(23,24)19-14-18(22-12-10-21(5)11-13-22)16-6-8-17(9-7-16)20(3)4/h6-9,15,18-19H,10-14H2,1-5H3. The number of nitrogens with zero attached hydrogens (tertiary/aromatic N) is 3. The molecule has 1 aliphatic rings. The van der Waals surface area contributed by atoms with Gasteiger partial charge in [-0.1, -0.05) is 12.1 Å². The quantitative estimate of drug-likeness (QED) is 0.788. The molecule has 25 heavy (non-hydrogen) atoms. The summed E-state index contributed by atoms with van der Waals surface area (Å²) < 4.78 is 27.2. The summed E-state index contributed by atoms with van der Waals surface area (Å²) in [4.78, 5) is 6.75. The Labute approximate surface area is 152 Å². The molecule has 1 saturated heterocycles. The van der Waals surface area contributed by atoms with Crippen molar-refractivity contribution in [2.75, 3.05) is 58.8 Å². The topological polar surface area (TPSA) is 55.9 Å². The summed E-state index contributed by atoms with van der Waals surface area (Å²) in [7, 11) is 2.89. The molecule has 142 valence electrons. The number of likely N-dealkylation sites (N-methyl/N-ethyl adjacent to an activating group) is 1. The predicted octanol–water partition coefficient (Wildman–Crippen LogP) is 1.37. The molecule has 1 aromatic carbocycles. The molecule has 0 saturated carbocycles. The average molecular weight is 369 g/mol. The summed E-state index contributed by atoms with van der Waals surface area (Å²) >= 11 is 0. The predicted molar refractivity (Wildman–Crippen MR) is 105 cm³/mol. The lowest BCUT2D eigenvalue weighted by atomic mass is 10.0. The molecule has 0 aromatic heterocycles. The van der Waals surface area contributed by atoms with Gasteiger partial charge in [-0.15, -0.1) is 0 Å². The summed E-state index contributed by atoms with van der Waals surface area (Å²) in [5.41, 5.74) is 2.30. The van der Waals surface area contributed by atoms with Crippen molar-refractivity contribution in [2.24, 2.45) is 0 Å². The SMILES string of the molecule is CC(C)S(=O)(=O)NCC(c1ccc(N(C)C)cc1)N1CCN(C)CC1. The van der Waals surface area contributed by atoms with Gasteiger partial charge in [0.15, 0.2) is 0 Å². The Bertz CT molecular complexity index is 636. The number of piperazine rings is 1. The fraction of sp³-hybridized carbons (Fsp3) is 0.667. The lowest BCUT2D eigenvalue weighted by molar-refractivity contribution is 0.113. The smallest absolute Gasteiger partial charge is 0.213 e. The van der Waals surface area contributed by atoms with E-state index in [0.29, 0.717) is 6.54 Å². The van der Waals surface area contributed by atoms with Gasteiger partial charge < -0.3 is 9.80 Å². The highest BCUT2D eigenvalue weighted by molar-refractivity contribution is 7.90. The fourth-order valence-corrected chi connectivity index (χ4v) is 3.67. The van der Waals surface area contributed by atoms with Crippen molar-refractivity contribution in [3.8, 4) is 0 Å². The van der Waals surface area contributed by atoms with Crippen LogP contribution in [0.1, 0.15) is 25.5 Å². The van der Waals surface area contributed by atoms with Gasteiger partial charge in [0.25, 0.3) is 0 Å². The lowest BCUT2D eigenvalue weighted by Gasteiger charge is -2.38. The van der Waals surface area contributed by atoms with Crippen LogP contribution in [0.2, 0.25) is 0 Å². The van der Waals surface area contributed by atoms with Gasteiger partial charge >= 0.3 is 0 Å². The highest BCUT2D eigenvalue weighted by Crippen LogP contribution is 2.24. The Balaban J connectivity index is 2.19. The van der Waals surface area contributed by atoms with Crippen LogP contribution in [0.4, 0.5) is 5.69 Å². The van der Waals surface area contributed by atoms with Crippen molar-refractivity contribution >= 4 is 15.7 Å². The van der Waals surface area contributed by atoms with Crippen molar-refractivity contribution in [2.45, 2.75) is 25.1 Å². The Morgan fingerprint density at radius 3 is 2.12 bits per heavy atom. The summed E-state index contributed by atoms with van der Waals surface area (Å²) in [5.74, 6) is 0. The third-order valence-electron chi connectivity index (χ3n) is 4.87. The number of nitrogens with one attached hydrogen (secondary N) is 1. The molecule has 2 rings (SSSR count). The maximum absolute atomic E-state index is 12.2. The summed E-state index contributed by atoms with van der Waals surface area (Å²) in [6, 6.07) is 8.47. The van der Waals surface area contributed by atoms with Gasteiger partial charge in [0.2, 0.25) is 10.0 Å². The molecule has 0 amide bonds. The van der Waals surface area contributed by atoms with E-state index in [2.05, 4.69) is 50.7 Å². The van der Waals surface area contributed by atoms with Crippen LogP contribution >= 0.6 is 0 Å².